The van der Waals surface area contributed by atoms with Gasteiger partial charge in [0.1, 0.15) is 11.6 Å². The van der Waals surface area contributed by atoms with Crippen LogP contribution in [0.1, 0.15) is 18.7 Å². The number of nitrogens with two attached hydrogens (primary N) is 1. The van der Waals surface area contributed by atoms with Crippen molar-refractivity contribution in [3.63, 3.8) is 0 Å². The first kappa shape index (κ1) is 13.2. The fourth-order valence-electron chi connectivity index (χ4n) is 2.48. The highest BCUT2D eigenvalue weighted by Crippen LogP contribution is 2.18. The van der Waals surface area contributed by atoms with E-state index in [4.69, 9.17) is 5.73 Å². The summed E-state index contributed by atoms with van der Waals surface area (Å²) >= 11 is 0. The fraction of sp³-hybridized carbons (Fsp3) is 0.692. The Labute approximate surface area is 109 Å². The average molecular weight is 249 g/mol. The maximum Gasteiger partial charge on any atom is 0.132 e. The van der Waals surface area contributed by atoms with Gasteiger partial charge in [0.2, 0.25) is 0 Å². The smallest absolute Gasteiger partial charge is 0.132 e. The average Bonchev–Trinajstić information content (AvgIpc) is 2.39. The van der Waals surface area contributed by atoms with E-state index in [-0.39, 0.29) is 0 Å². The zero-order valence-electron chi connectivity index (χ0n) is 11.3. The summed E-state index contributed by atoms with van der Waals surface area (Å²) in [5.74, 6) is 1.85. The quantitative estimate of drug-likeness (QED) is 0.842. The predicted molar refractivity (Wildman–Crippen MR) is 73.7 cm³/mol. The van der Waals surface area contributed by atoms with Crippen LogP contribution in [0, 0.1) is 0 Å². The van der Waals surface area contributed by atoms with Gasteiger partial charge in [0.25, 0.3) is 0 Å². The Bertz CT molecular complexity index is 381. The summed E-state index contributed by atoms with van der Waals surface area (Å²) in [6.07, 6.45) is 5.06. The van der Waals surface area contributed by atoms with Gasteiger partial charge in [0.15, 0.2) is 0 Å². The van der Waals surface area contributed by atoms with Gasteiger partial charge in [-0.25, -0.2) is 9.97 Å². The van der Waals surface area contributed by atoms with Gasteiger partial charge in [0.05, 0.1) is 0 Å². The summed E-state index contributed by atoms with van der Waals surface area (Å²) in [5.41, 5.74) is 5.55. The van der Waals surface area contributed by atoms with Crippen LogP contribution < -0.4 is 10.6 Å². The Kier molecular flexibility index (Phi) is 4.49. The number of nitrogens with zero attached hydrogens (tertiary/aromatic N) is 4. The summed E-state index contributed by atoms with van der Waals surface area (Å²) in [7, 11) is 4.30. The van der Waals surface area contributed by atoms with Gasteiger partial charge < -0.3 is 15.5 Å². The molecule has 0 amide bonds. The lowest BCUT2D eigenvalue weighted by Crippen LogP contribution is -2.45. The summed E-state index contributed by atoms with van der Waals surface area (Å²) in [4.78, 5) is 13.5. The van der Waals surface area contributed by atoms with Crippen molar-refractivity contribution in [2.24, 2.45) is 5.73 Å². The molecule has 1 aromatic rings. The van der Waals surface area contributed by atoms with Crippen molar-refractivity contribution in [1.29, 1.82) is 0 Å². The molecule has 0 radical (unpaired) electrons. The summed E-state index contributed by atoms with van der Waals surface area (Å²) in [5, 5.41) is 0. The van der Waals surface area contributed by atoms with E-state index >= 15 is 0 Å². The van der Waals surface area contributed by atoms with Crippen LogP contribution in [0.5, 0.6) is 0 Å². The van der Waals surface area contributed by atoms with Crippen molar-refractivity contribution >= 4 is 5.82 Å². The highest BCUT2D eigenvalue weighted by molar-refractivity contribution is 5.38. The molecule has 1 fully saturated rings. The van der Waals surface area contributed by atoms with Crippen molar-refractivity contribution in [2.45, 2.75) is 25.3 Å². The number of rotatable bonds is 4. The fourth-order valence-corrected chi connectivity index (χ4v) is 2.48. The topological polar surface area (TPSA) is 58.3 Å². The van der Waals surface area contributed by atoms with Gasteiger partial charge in [-0.3, -0.25) is 0 Å². The zero-order chi connectivity index (χ0) is 13.0. The molecular formula is C13H23N5. The molecule has 5 heteroatoms. The molecule has 1 aliphatic heterocycles. The standard InChI is InChI=1S/C13H23N5/c1-17-9-3-4-11(10-17)18(2)13-6-8-15-12(16-13)5-7-14/h6,8,11H,3-5,7,9-10,14H2,1-2H3. The molecule has 2 N–H and O–H groups in total. The molecular weight excluding hydrogens is 226 g/mol. The number of likely N-dealkylation sites (tertiary alicyclic amines) is 1. The maximum atomic E-state index is 5.55. The Hall–Kier alpha value is -1.20. The first-order chi connectivity index (χ1) is 8.70. The lowest BCUT2D eigenvalue weighted by Gasteiger charge is -2.36. The molecule has 2 heterocycles. The third kappa shape index (κ3) is 3.17. The van der Waals surface area contributed by atoms with Gasteiger partial charge >= 0.3 is 0 Å². The summed E-state index contributed by atoms with van der Waals surface area (Å²) < 4.78 is 0. The number of likely N-dealkylation sites (N-methyl/N-ethyl adjacent to an activating group) is 2. The van der Waals surface area contributed by atoms with E-state index < -0.39 is 0 Å². The van der Waals surface area contributed by atoms with Gasteiger partial charge in [-0.1, -0.05) is 0 Å². The molecule has 2 rings (SSSR count). The van der Waals surface area contributed by atoms with Crippen LogP contribution in [0.25, 0.3) is 0 Å². The molecule has 18 heavy (non-hydrogen) atoms. The second-order valence-electron chi connectivity index (χ2n) is 5.04. The first-order valence-electron chi connectivity index (χ1n) is 6.64. The van der Waals surface area contributed by atoms with E-state index in [0.717, 1.165) is 24.6 Å². The molecule has 5 nitrogen and oxygen atoms in total. The normalized spacial score (nSPS) is 20.9. The predicted octanol–water partition coefficient (Wildman–Crippen LogP) is 0.508. The van der Waals surface area contributed by atoms with Crippen LogP contribution in [0.2, 0.25) is 0 Å². The minimum Gasteiger partial charge on any atom is -0.355 e. The van der Waals surface area contributed by atoms with Crippen LogP contribution >= 0.6 is 0 Å². The molecule has 0 spiro atoms. The first-order valence-corrected chi connectivity index (χ1v) is 6.64. The lowest BCUT2D eigenvalue weighted by atomic mass is 10.1. The Balaban J connectivity index is 2.07. The van der Waals surface area contributed by atoms with Crippen molar-refractivity contribution in [3.05, 3.63) is 18.1 Å². The molecule has 0 aliphatic carbocycles. The number of anilines is 1. The Morgan fingerprint density at radius 1 is 1.56 bits per heavy atom. The highest BCUT2D eigenvalue weighted by atomic mass is 15.2. The van der Waals surface area contributed by atoms with E-state index in [1.54, 1.807) is 0 Å². The van der Waals surface area contributed by atoms with E-state index in [9.17, 15) is 0 Å². The second kappa shape index (κ2) is 6.11. The van der Waals surface area contributed by atoms with Crippen molar-refractivity contribution in [3.8, 4) is 0 Å². The SMILES string of the molecule is CN1CCCC(N(C)c2ccnc(CCN)n2)C1. The van der Waals surface area contributed by atoms with E-state index in [2.05, 4.69) is 33.9 Å². The molecule has 1 saturated heterocycles. The molecule has 1 atom stereocenters. The number of hydrogen-bond donors (Lipinski definition) is 1. The zero-order valence-corrected chi connectivity index (χ0v) is 11.3. The number of aromatic nitrogens is 2. The van der Waals surface area contributed by atoms with E-state index in [1.165, 1.54) is 19.4 Å². The van der Waals surface area contributed by atoms with Gasteiger partial charge in [-0.05, 0) is 39.0 Å². The third-order valence-corrected chi connectivity index (χ3v) is 3.57. The van der Waals surface area contributed by atoms with Crippen molar-refractivity contribution in [1.82, 2.24) is 14.9 Å². The van der Waals surface area contributed by atoms with Gasteiger partial charge in [0, 0.05) is 32.3 Å². The van der Waals surface area contributed by atoms with E-state index in [0.29, 0.717) is 12.6 Å². The summed E-state index contributed by atoms with van der Waals surface area (Å²) in [6, 6.07) is 2.53. The van der Waals surface area contributed by atoms with Gasteiger partial charge in [-0.15, -0.1) is 0 Å². The molecule has 1 unspecified atom stereocenters. The summed E-state index contributed by atoms with van der Waals surface area (Å²) in [6.45, 7) is 2.90. The molecule has 0 aromatic carbocycles. The Morgan fingerprint density at radius 3 is 3.11 bits per heavy atom. The highest BCUT2D eigenvalue weighted by Gasteiger charge is 2.22. The monoisotopic (exact) mass is 249 g/mol. The number of hydrogen-bond acceptors (Lipinski definition) is 5. The van der Waals surface area contributed by atoms with E-state index in [1.807, 2.05) is 12.3 Å². The minimum atomic E-state index is 0.546. The third-order valence-electron chi connectivity index (χ3n) is 3.57. The van der Waals surface area contributed by atoms with Crippen molar-refractivity contribution < 1.29 is 0 Å². The number of piperidine rings is 1. The van der Waals surface area contributed by atoms with Crippen molar-refractivity contribution in [2.75, 3.05) is 38.6 Å². The van der Waals surface area contributed by atoms with Gasteiger partial charge in [-0.2, -0.15) is 0 Å². The molecule has 100 valence electrons. The molecule has 0 bridgehead atoms. The largest absolute Gasteiger partial charge is 0.355 e. The minimum absolute atomic E-state index is 0.546. The van der Waals surface area contributed by atoms with Crippen LogP contribution in [0.3, 0.4) is 0 Å². The molecule has 1 aromatic heterocycles. The van der Waals surface area contributed by atoms with Crippen LogP contribution in [0.15, 0.2) is 12.3 Å². The van der Waals surface area contributed by atoms with Crippen LogP contribution in [-0.4, -0.2) is 54.6 Å². The molecule has 0 saturated carbocycles. The lowest BCUT2D eigenvalue weighted by molar-refractivity contribution is 0.247. The maximum absolute atomic E-state index is 5.55. The van der Waals surface area contributed by atoms with Crippen LogP contribution in [0.4, 0.5) is 5.82 Å². The molecule has 1 aliphatic rings. The Morgan fingerprint density at radius 2 is 2.39 bits per heavy atom. The second-order valence-corrected chi connectivity index (χ2v) is 5.04. The van der Waals surface area contributed by atoms with Crippen LogP contribution in [-0.2, 0) is 6.42 Å².